The number of hydrogen-bond acceptors (Lipinski definition) is 4. The zero-order valence-electron chi connectivity index (χ0n) is 10.1. The molecular weight excluding hydrogens is 247 g/mol. The lowest BCUT2D eigenvalue weighted by atomic mass is 10.1. The van der Waals surface area contributed by atoms with Gasteiger partial charge >= 0.3 is 13.8 Å². The smallest absolute Gasteiger partial charge is 0.472 e. The Morgan fingerprint density at radius 1 is 1.12 bits per heavy atom. The minimum absolute atomic E-state index is 0.111. The van der Waals surface area contributed by atoms with Crippen LogP contribution in [-0.2, 0) is 18.4 Å². The molecule has 0 amide bonds. The molecule has 0 spiro atoms. The Bertz CT molecular complexity index is 255. The van der Waals surface area contributed by atoms with Crippen molar-refractivity contribution in [3.63, 3.8) is 0 Å². The van der Waals surface area contributed by atoms with Crippen molar-refractivity contribution in [3.05, 3.63) is 0 Å². The predicted molar refractivity (Wildman–Crippen MR) is 62.7 cm³/mol. The van der Waals surface area contributed by atoms with Gasteiger partial charge in [0.25, 0.3) is 0 Å². The molecule has 0 rings (SSSR count). The number of aliphatic carboxylic acids is 1. The van der Waals surface area contributed by atoms with Crippen LogP contribution < -0.4 is 0 Å². The van der Waals surface area contributed by atoms with Gasteiger partial charge in [-0.2, -0.15) is 0 Å². The molecule has 0 saturated carbocycles. The average Bonchev–Trinajstić information content (AvgIpc) is 2.25. The Balaban J connectivity index is 3.45. The lowest BCUT2D eigenvalue weighted by Gasteiger charge is -2.10. The summed E-state index contributed by atoms with van der Waals surface area (Å²) in [5.74, 6) is -1.30. The van der Waals surface area contributed by atoms with Crippen molar-refractivity contribution >= 4 is 13.8 Å². The third-order valence-corrected chi connectivity index (χ3v) is 3.07. The maximum absolute atomic E-state index is 11.1. The van der Waals surface area contributed by atoms with Crippen LogP contribution in [0.3, 0.4) is 0 Å². The van der Waals surface area contributed by atoms with E-state index >= 15 is 0 Å². The molecule has 6 nitrogen and oxygen atoms in total. The van der Waals surface area contributed by atoms with Gasteiger partial charge < -0.3 is 10.00 Å². The number of rotatable bonds is 11. The molecule has 7 heteroatoms. The first kappa shape index (κ1) is 16.6. The summed E-state index contributed by atoms with van der Waals surface area (Å²) in [7, 11) is -4.19. The van der Waals surface area contributed by atoms with Gasteiger partial charge in [-0.05, 0) is 6.42 Å². The quantitative estimate of drug-likeness (QED) is 0.442. The molecule has 2 N–H and O–H groups in total. The minimum atomic E-state index is -4.19. The highest BCUT2D eigenvalue weighted by atomic mass is 31.2. The largest absolute Gasteiger partial charge is 0.480 e. The summed E-state index contributed by atoms with van der Waals surface area (Å²) in [6.07, 6.45) is 6.20. The van der Waals surface area contributed by atoms with E-state index in [4.69, 9.17) is 10.00 Å². The molecule has 0 aromatic carbocycles. The van der Waals surface area contributed by atoms with Gasteiger partial charge in [0, 0.05) is 0 Å². The number of carboxylic acids is 1. The second-order valence-electron chi connectivity index (χ2n) is 3.74. The first-order chi connectivity index (χ1) is 7.98. The molecule has 0 heterocycles. The fourth-order valence-electron chi connectivity index (χ4n) is 1.24. The van der Waals surface area contributed by atoms with E-state index in [0.717, 1.165) is 19.3 Å². The molecule has 1 atom stereocenters. The fraction of sp³-hybridized carbons (Fsp3) is 0.900. The van der Waals surface area contributed by atoms with Gasteiger partial charge in [-0.3, -0.25) is 9.05 Å². The van der Waals surface area contributed by atoms with Crippen molar-refractivity contribution < 1.29 is 28.4 Å². The molecule has 0 aromatic rings. The van der Waals surface area contributed by atoms with Gasteiger partial charge in [0.2, 0.25) is 0 Å². The Hall–Kier alpha value is -0.420. The zero-order valence-corrected chi connectivity index (χ0v) is 11.0. The molecule has 0 fully saturated rings. The van der Waals surface area contributed by atoms with E-state index in [-0.39, 0.29) is 6.61 Å². The van der Waals surface area contributed by atoms with Crippen LogP contribution in [0.4, 0.5) is 0 Å². The van der Waals surface area contributed by atoms with Crippen LogP contribution in [0.25, 0.3) is 0 Å². The van der Waals surface area contributed by atoms with Crippen molar-refractivity contribution in [2.45, 2.75) is 45.4 Å². The molecule has 1 unspecified atom stereocenters. The number of phosphoric acid groups is 1. The molecule has 0 radical (unpaired) electrons. The van der Waals surface area contributed by atoms with Crippen molar-refractivity contribution in [2.75, 3.05) is 13.2 Å². The van der Waals surface area contributed by atoms with E-state index in [9.17, 15) is 9.36 Å². The van der Waals surface area contributed by atoms with Gasteiger partial charge in [-0.15, -0.1) is 0 Å². The predicted octanol–water partition coefficient (Wildman–Crippen LogP) is 2.57. The summed E-state index contributed by atoms with van der Waals surface area (Å²) < 4.78 is 19.9. The molecule has 17 heavy (non-hydrogen) atoms. The number of unbranched alkanes of at least 4 members (excludes halogenated alkanes) is 5. The van der Waals surface area contributed by atoms with Crippen molar-refractivity contribution in [3.8, 4) is 0 Å². The summed E-state index contributed by atoms with van der Waals surface area (Å²) in [4.78, 5) is 19.2. The van der Waals surface area contributed by atoms with Crippen LogP contribution >= 0.6 is 7.82 Å². The Kier molecular flexibility index (Phi) is 9.36. The highest BCUT2D eigenvalue weighted by molar-refractivity contribution is 7.47. The van der Waals surface area contributed by atoms with Crippen molar-refractivity contribution in [1.82, 2.24) is 0 Å². The van der Waals surface area contributed by atoms with Gasteiger partial charge in [0.05, 0.1) is 6.61 Å². The average molecular weight is 268 g/mol. The second-order valence-corrected chi connectivity index (χ2v) is 5.19. The van der Waals surface area contributed by atoms with Crippen LogP contribution in [0, 0.1) is 0 Å². The van der Waals surface area contributed by atoms with E-state index in [2.05, 4.69) is 16.0 Å². The first-order valence-corrected chi connectivity index (χ1v) is 7.31. The summed E-state index contributed by atoms with van der Waals surface area (Å²) in [5, 5.41) is 8.26. The lowest BCUT2D eigenvalue weighted by Crippen LogP contribution is -2.07. The summed E-state index contributed by atoms with van der Waals surface area (Å²) in [6, 6.07) is 0. The third kappa shape index (κ3) is 11.8. The summed E-state index contributed by atoms with van der Waals surface area (Å²) >= 11 is 0. The van der Waals surface area contributed by atoms with Gasteiger partial charge in [0.15, 0.2) is 6.61 Å². The maximum atomic E-state index is 11.1. The van der Waals surface area contributed by atoms with Crippen LogP contribution in [0.5, 0.6) is 0 Å². The third-order valence-electron chi connectivity index (χ3n) is 2.10. The van der Waals surface area contributed by atoms with E-state index in [1.165, 1.54) is 12.8 Å². The van der Waals surface area contributed by atoms with E-state index in [1.807, 2.05) is 0 Å². The minimum Gasteiger partial charge on any atom is -0.480 e. The van der Waals surface area contributed by atoms with Gasteiger partial charge in [0.1, 0.15) is 0 Å². The van der Waals surface area contributed by atoms with E-state index in [1.54, 1.807) is 0 Å². The molecule has 0 aliphatic heterocycles. The topological polar surface area (TPSA) is 93.1 Å². The van der Waals surface area contributed by atoms with E-state index in [0.29, 0.717) is 6.42 Å². The molecule has 0 aromatic heterocycles. The van der Waals surface area contributed by atoms with Crippen LogP contribution in [-0.4, -0.2) is 29.2 Å². The lowest BCUT2D eigenvalue weighted by molar-refractivity contribution is -0.139. The van der Waals surface area contributed by atoms with Gasteiger partial charge in [-0.25, -0.2) is 9.36 Å². The summed E-state index contributed by atoms with van der Waals surface area (Å²) in [5.41, 5.74) is 0. The Labute approximate surface area is 102 Å². The fourth-order valence-corrected chi connectivity index (χ4v) is 1.94. The van der Waals surface area contributed by atoms with Crippen LogP contribution in [0.1, 0.15) is 45.4 Å². The monoisotopic (exact) mass is 268 g/mol. The molecule has 102 valence electrons. The van der Waals surface area contributed by atoms with Crippen LogP contribution in [0.15, 0.2) is 0 Å². The van der Waals surface area contributed by atoms with E-state index < -0.39 is 20.4 Å². The molecule has 0 saturated heterocycles. The first-order valence-electron chi connectivity index (χ1n) is 5.81. The van der Waals surface area contributed by atoms with Crippen molar-refractivity contribution in [2.24, 2.45) is 0 Å². The zero-order chi connectivity index (χ0) is 13.1. The van der Waals surface area contributed by atoms with Crippen molar-refractivity contribution in [1.29, 1.82) is 0 Å². The second kappa shape index (κ2) is 9.59. The van der Waals surface area contributed by atoms with Gasteiger partial charge in [-0.1, -0.05) is 39.0 Å². The number of carboxylic acid groups (broad SMARTS) is 1. The number of phosphoric ester groups is 1. The van der Waals surface area contributed by atoms with Crippen LogP contribution in [0.2, 0.25) is 0 Å². The standard InChI is InChI=1S/C10H21O6P/c1-2-3-4-5-6-7-8-15-17(13,14)16-9-10(11)12/h2-9H2,1H3,(H,11,12)(H,13,14). The molecule has 0 bridgehead atoms. The molecule has 0 aliphatic rings. The SMILES string of the molecule is CCCCCCCCOP(=O)(O)OCC(=O)O. The summed E-state index contributed by atoms with van der Waals surface area (Å²) in [6.45, 7) is 1.41. The highest BCUT2D eigenvalue weighted by Gasteiger charge is 2.21. The Morgan fingerprint density at radius 2 is 1.71 bits per heavy atom. The normalized spacial score (nSPS) is 14.5. The molecule has 0 aliphatic carbocycles. The Morgan fingerprint density at radius 3 is 2.29 bits per heavy atom. The molecular formula is C10H21O6P. The highest BCUT2D eigenvalue weighted by Crippen LogP contribution is 2.43. The number of hydrogen-bond donors (Lipinski definition) is 2. The number of carbonyl (C=O) groups is 1. The maximum Gasteiger partial charge on any atom is 0.472 e.